The van der Waals surface area contributed by atoms with E-state index in [4.69, 9.17) is 21.1 Å². The fourth-order valence-electron chi connectivity index (χ4n) is 7.36. The Bertz CT molecular complexity index is 2060. The van der Waals surface area contributed by atoms with E-state index < -0.39 is 81.0 Å². The first-order valence-electron chi connectivity index (χ1n) is 18.7. The van der Waals surface area contributed by atoms with E-state index in [0.717, 1.165) is 6.42 Å². The molecule has 302 valence electrons. The number of nitrogens with zero attached hydrogens (tertiary/aromatic N) is 2. The van der Waals surface area contributed by atoms with Crippen LogP contribution < -0.4 is 15.4 Å². The fourth-order valence-corrected chi connectivity index (χ4v) is 8.66. The highest BCUT2D eigenvalue weighted by Gasteiger charge is 2.62. The molecule has 1 saturated carbocycles. The van der Waals surface area contributed by atoms with Crippen LogP contribution in [0.1, 0.15) is 82.4 Å². The predicted octanol–water partition coefficient (Wildman–Crippen LogP) is 5.00. The maximum atomic E-state index is 14.5. The number of aryl methyl sites for hydroxylation is 1. The highest BCUT2D eigenvalue weighted by atomic mass is 35.5. The first-order valence-corrected chi connectivity index (χ1v) is 20.6. The number of amides is 5. The van der Waals surface area contributed by atoms with Crippen molar-refractivity contribution in [2.45, 2.75) is 120 Å². The van der Waals surface area contributed by atoms with Gasteiger partial charge in [0, 0.05) is 29.5 Å². The molecule has 3 heterocycles. The maximum Gasteiger partial charge on any atom is 0.410 e. The molecular weight excluding hydrogens is 769 g/mol. The molecule has 5 atom stereocenters. The average Bonchev–Trinajstić information content (AvgIpc) is 3.41. The lowest BCUT2D eigenvalue weighted by Crippen LogP contribution is -2.58. The van der Waals surface area contributed by atoms with Crippen LogP contribution in [0.4, 0.5) is 14.0 Å². The smallest absolute Gasteiger partial charge is 0.410 e. The topological polar surface area (TPSA) is 181 Å². The summed E-state index contributed by atoms with van der Waals surface area (Å²) in [6, 6.07) is 6.23. The van der Waals surface area contributed by atoms with Gasteiger partial charge in [0.05, 0.1) is 18.0 Å². The summed E-state index contributed by atoms with van der Waals surface area (Å²) in [7, 11) is -4.42. The largest absolute Gasteiger partial charge is 0.444 e. The maximum absolute atomic E-state index is 14.5. The number of carbonyl (C=O) groups excluding carboxylic acids is 5. The third-order valence-electron chi connectivity index (χ3n) is 10.5. The van der Waals surface area contributed by atoms with Gasteiger partial charge in [-0.3, -0.25) is 19.3 Å². The van der Waals surface area contributed by atoms with Gasteiger partial charge in [-0.2, -0.15) is 0 Å². The van der Waals surface area contributed by atoms with Crippen molar-refractivity contribution >= 4 is 51.5 Å². The number of alkyl carbamates (subject to hydrolysis) is 1. The Morgan fingerprint density at radius 3 is 2.55 bits per heavy atom. The summed E-state index contributed by atoms with van der Waals surface area (Å²) in [5.41, 5.74) is -0.895. The molecule has 0 radical (unpaired) electrons. The lowest BCUT2D eigenvalue weighted by Gasteiger charge is -2.30. The molecule has 3 aliphatic heterocycles. The predicted molar refractivity (Wildman–Crippen MR) is 202 cm³/mol. The highest BCUT2D eigenvalue weighted by molar-refractivity contribution is 7.90. The number of hydrogen-bond acceptors (Lipinski definition) is 9. The lowest BCUT2D eigenvalue weighted by molar-refractivity contribution is -0.141. The van der Waals surface area contributed by atoms with Crippen LogP contribution in [-0.4, -0.2) is 84.0 Å². The monoisotopic (exact) mass is 815 g/mol. The van der Waals surface area contributed by atoms with Crippen LogP contribution in [0.3, 0.4) is 0 Å². The summed E-state index contributed by atoms with van der Waals surface area (Å²) in [6.45, 7) is 6.62. The number of fused-ring (bicyclic) bond motifs is 3. The van der Waals surface area contributed by atoms with E-state index in [1.54, 1.807) is 45.9 Å². The summed E-state index contributed by atoms with van der Waals surface area (Å²) < 4.78 is 54.6. The zero-order chi connectivity index (χ0) is 40.6. The molecule has 0 unspecified atom stereocenters. The quantitative estimate of drug-likeness (QED) is 0.350. The second kappa shape index (κ2) is 16.0. The molecule has 0 bridgehead atoms. The van der Waals surface area contributed by atoms with Crippen molar-refractivity contribution in [2.75, 3.05) is 6.54 Å². The van der Waals surface area contributed by atoms with Crippen LogP contribution in [0.25, 0.3) is 0 Å². The van der Waals surface area contributed by atoms with Crippen molar-refractivity contribution < 1.29 is 46.3 Å². The van der Waals surface area contributed by atoms with E-state index in [-0.39, 0.29) is 48.8 Å². The Labute approximate surface area is 330 Å². The van der Waals surface area contributed by atoms with Gasteiger partial charge in [-0.05, 0) is 82.7 Å². The molecule has 17 heteroatoms. The van der Waals surface area contributed by atoms with Crippen LogP contribution >= 0.6 is 11.6 Å². The van der Waals surface area contributed by atoms with Gasteiger partial charge in [-0.25, -0.2) is 27.1 Å². The van der Waals surface area contributed by atoms with Gasteiger partial charge in [0.1, 0.15) is 35.1 Å². The number of nitrogens with one attached hydrogen (secondary N) is 3. The molecule has 2 aromatic carbocycles. The minimum Gasteiger partial charge on any atom is -0.444 e. The summed E-state index contributed by atoms with van der Waals surface area (Å²) >= 11 is 6.18. The summed E-state index contributed by atoms with van der Waals surface area (Å²) in [5.74, 6) is -3.38. The number of hydrogen-bond donors (Lipinski definition) is 3. The van der Waals surface area contributed by atoms with E-state index in [2.05, 4.69) is 15.4 Å². The molecule has 2 aromatic rings. The number of ether oxygens (including phenoxy) is 2. The van der Waals surface area contributed by atoms with E-state index in [1.165, 1.54) is 34.1 Å². The fraction of sp³-hybridized carbons (Fsp3) is 0.513. The number of benzene rings is 2. The third-order valence-corrected chi connectivity index (χ3v) is 12.2. The van der Waals surface area contributed by atoms with Crippen molar-refractivity contribution in [3.05, 3.63) is 76.1 Å². The summed E-state index contributed by atoms with van der Waals surface area (Å²) in [5, 5.41) is 5.62. The number of allylic oxidation sites excluding steroid dienone is 1. The summed E-state index contributed by atoms with van der Waals surface area (Å²) in [4.78, 5) is 71.3. The van der Waals surface area contributed by atoms with Crippen molar-refractivity contribution in [1.29, 1.82) is 0 Å². The zero-order valence-electron chi connectivity index (χ0n) is 31.7. The van der Waals surface area contributed by atoms with E-state index in [9.17, 15) is 36.8 Å². The Kier molecular flexibility index (Phi) is 11.7. The van der Waals surface area contributed by atoms with Gasteiger partial charge in [0.15, 0.2) is 0 Å². The Morgan fingerprint density at radius 2 is 1.84 bits per heavy atom. The first kappa shape index (κ1) is 40.9. The van der Waals surface area contributed by atoms with Crippen LogP contribution in [-0.2, 0) is 47.0 Å². The Balaban J connectivity index is 1.27. The zero-order valence-corrected chi connectivity index (χ0v) is 33.3. The molecule has 1 aliphatic carbocycles. The molecule has 6 rings (SSSR count). The Hall–Kier alpha value is -4.70. The van der Waals surface area contributed by atoms with E-state index in [1.807, 2.05) is 6.08 Å². The molecule has 4 aliphatic rings. The second-order valence-corrected chi connectivity index (χ2v) is 18.0. The molecule has 14 nitrogen and oxygen atoms in total. The number of rotatable bonds is 5. The van der Waals surface area contributed by atoms with Gasteiger partial charge < -0.3 is 25.0 Å². The number of sulfonamides is 1. The minimum atomic E-state index is -4.42. The van der Waals surface area contributed by atoms with Crippen molar-refractivity contribution in [3.63, 3.8) is 0 Å². The van der Waals surface area contributed by atoms with Crippen LogP contribution in [0.2, 0.25) is 5.02 Å². The Morgan fingerprint density at radius 1 is 1.07 bits per heavy atom. The van der Waals surface area contributed by atoms with Crippen LogP contribution in [0.5, 0.6) is 0 Å². The average molecular weight is 816 g/mol. The molecule has 1 saturated heterocycles. The third kappa shape index (κ3) is 9.12. The molecule has 3 N–H and O–H groups in total. The van der Waals surface area contributed by atoms with Gasteiger partial charge in [0.2, 0.25) is 11.8 Å². The molecular formula is C39H47ClFN5O9S. The molecule has 56 heavy (non-hydrogen) atoms. The van der Waals surface area contributed by atoms with Crippen LogP contribution in [0, 0.1) is 18.7 Å². The molecule has 2 fully saturated rings. The van der Waals surface area contributed by atoms with Gasteiger partial charge >= 0.3 is 12.2 Å². The summed E-state index contributed by atoms with van der Waals surface area (Å²) in [6.07, 6.45) is 3.78. The minimum absolute atomic E-state index is 0.0216. The highest BCUT2D eigenvalue weighted by Crippen LogP contribution is 2.46. The van der Waals surface area contributed by atoms with Gasteiger partial charge in [-0.1, -0.05) is 54.8 Å². The molecule has 0 aromatic heterocycles. The van der Waals surface area contributed by atoms with E-state index >= 15 is 0 Å². The second-order valence-electron chi connectivity index (χ2n) is 15.9. The normalized spacial score (nSPS) is 25.5. The van der Waals surface area contributed by atoms with Crippen molar-refractivity contribution in [3.8, 4) is 0 Å². The van der Waals surface area contributed by atoms with E-state index in [0.29, 0.717) is 36.0 Å². The number of halogens is 2. The van der Waals surface area contributed by atoms with Crippen molar-refractivity contribution in [2.24, 2.45) is 5.92 Å². The van der Waals surface area contributed by atoms with Gasteiger partial charge in [0.25, 0.3) is 15.9 Å². The number of carbonyl (C=O) groups is 5. The SMILES string of the molecule is Cc1ccc(S(=O)(=O)NC(=O)[C@@]23C[C@H]2C=CCCCCC[C@H](NC(=O)OC(C)(C)C)C(=O)N2C[C@H](OC(=O)N4Cc5cccc(F)c5C4)C[C@H]2C(=O)N3)cc1Cl. The van der Waals surface area contributed by atoms with Crippen molar-refractivity contribution in [1.82, 2.24) is 25.2 Å². The molecule has 5 amide bonds. The standard InChI is InChI=1S/C39H47ClFN5O9S/c1-23-15-16-27(18-29(23)40)56(52,53)44-35(49)39-19-25(39)12-8-6-5-7-9-14-31(42-36(50)55-38(2,3)4)34(48)46-21-26(17-32(46)33(47)43-39)54-37(51)45-20-24-11-10-13-30(41)28(24)22-45/h8,10-13,15-16,18,25-26,31-32H,5-7,9,14,17,19-22H2,1-4H3,(H,42,50)(H,43,47)(H,44,49)/t25-,26-,31+,32+,39-/m1/s1. The lowest BCUT2D eigenvalue weighted by atomic mass is 10.0. The van der Waals surface area contributed by atoms with Gasteiger partial charge in [-0.15, -0.1) is 0 Å². The first-order chi connectivity index (χ1) is 26.4. The molecule has 0 spiro atoms. The van der Waals surface area contributed by atoms with Crippen LogP contribution in [0.15, 0.2) is 53.4 Å².